The zero-order valence-corrected chi connectivity index (χ0v) is 11.7. The summed E-state index contributed by atoms with van der Waals surface area (Å²) >= 11 is 0. The first-order chi connectivity index (χ1) is 9.61. The Bertz CT molecular complexity index is 485. The Morgan fingerprint density at radius 1 is 1.40 bits per heavy atom. The van der Waals surface area contributed by atoms with Gasteiger partial charge in [-0.05, 0) is 31.9 Å². The molecule has 1 aromatic rings. The van der Waals surface area contributed by atoms with Gasteiger partial charge >= 0.3 is 5.97 Å². The van der Waals surface area contributed by atoms with Gasteiger partial charge in [0.25, 0.3) is 0 Å². The van der Waals surface area contributed by atoms with Crippen molar-refractivity contribution in [2.75, 3.05) is 17.7 Å². The third-order valence-electron chi connectivity index (χ3n) is 3.60. The predicted octanol–water partition coefficient (Wildman–Crippen LogP) is 3.33. The van der Waals surface area contributed by atoms with Crippen LogP contribution in [0.3, 0.4) is 0 Å². The number of halogens is 1. The highest BCUT2D eigenvalue weighted by molar-refractivity contribution is 5.92. The van der Waals surface area contributed by atoms with E-state index in [0.717, 1.165) is 12.8 Å². The normalized spacial score (nSPS) is 15.9. The van der Waals surface area contributed by atoms with Crippen LogP contribution in [0.2, 0.25) is 0 Å². The Morgan fingerprint density at radius 3 is 2.75 bits per heavy atom. The van der Waals surface area contributed by atoms with Crippen molar-refractivity contribution in [1.29, 1.82) is 0 Å². The molecule has 0 aliphatic heterocycles. The van der Waals surface area contributed by atoms with Crippen molar-refractivity contribution in [1.82, 2.24) is 0 Å². The molecule has 1 aromatic carbocycles. The Balaban J connectivity index is 2.14. The molecule has 1 aliphatic carbocycles. The monoisotopic (exact) mass is 280 g/mol. The van der Waals surface area contributed by atoms with E-state index in [1.807, 2.05) is 0 Å². The minimum atomic E-state index is -0.680. The molecule has 0 heterocycles. The Morgan fingerprint density at radius 2 is 2.10 bits per heavy atom. The van der Waals surface area contributed by atoms with Gasteiger partial charge in [0.05, 0.1) is 23.5 Å². The number of esters is 1. The maximum atomic E-state index is 14.0. The van der Waals surface area contributed by atoms with Gasteiger partial charge in [0.1, 0.15) is 5.82 Å². The zero-order chi connectivity index (χ0) is 14.5. The highest BCUT2D eigenvalue weighted by Crippen LogP contribution is 2.27. The van der Waals surface area contributed by atoms with Crippen LogP contribution in [0.25, 0.3) is 0 Å². The molecular formula is C15H21FN2O2. The lowest BCUT2D eigenvalue weighted by atomic mass is 9.95. The second-order valence-electron chi connectivity index (χ2n) is 5.12. The van der Waals surface area contributed by atoms with Gasteiger partial charge in [-0.2, -0.15) is 0 Å². The van der Waals surface area contributed by atoms with Gasteiger partial charge < -0.3 is 15.8 Å². The van der Waals surface area contributed by atoms with Gasteiger partial charge in [-0.3, -0.25) is 0 Å². The number of anilines is 2. The molecular weight excluding hydrogens is 259 g/mol. The van der Waals surface area contributed by atoms with Crippen LogP contribution in [0, 0.1) is 5.82 Å². The number of hydrogen-bond acceptors (Lipinski definition) is 4. The third-order valence-corrected chi connectivity index (χ3v) is 3.60. The molecule has 0 amide bonds. The lowest BCUT2D eigenvalue weighted by molar-refractivity contribution is 0.0521. The van der Waals surface area contributed by atoms with Crippen molar-refractivity contribution in [3.05, 3.63) is 23.5 Å². The predicted molar refractivity (Wildman–Crippen MR) is 77.3 cm³/mol. The first-order valence-electron chi connectivity index (χ1n) is 7.14. The Labute approximate surface area is 118 Å². The quantitative estimate of drug-likeness (QED) is 0.656. The molecule has 1 aliphatic rings. The van der Waals surface area contributed by atoms with Gasteiger partial charge in [-0.25, -0.2) is 9.18 Å². The summed E-state index contributed by atoms with van der Waals surface area (Å²) < 4.78 is 18.8. The molecule has 20 heavy (non-hydrogen) atoms. The molecule has 0 spiro atoms. The van der Waals surface area contributed by atoms with E-state index in [1.165, 1.54) is 31.4 Å². The molecule has 0 atom stereocenters. The molecule has 0 bridgehead atoms. The average molecular weight is 280 g/mol. The molecule has 4 nitrogen and oxygen atoms in total. The molecule has 3 N–H and O–H groups in total. The van der Waals surface area contributed by atoms with Crippen molar-refractivity contribution in [3.8, 4) is 0 Å². The largest absolute Gasteiger partial charge is 0.462 e. The van der Waals surface area contributed by atoms with Gasteiger partial charge in [-0.1, -0.05) is 19.3 Å². The summed E-state index contributed by atoms with van der Waals surface area (Å²) in [5, 5.41) is 3.27. The van der Waals surface area contributed by atoms with Crippen molar-refractivity contribution < 1.29 is 13.9 Å². The van der Waals surface area contributed by atoms with Crippen LogP contribution < -0.4 is 11.1 Å². The minimum Gasteiger partial charge on any atom is -0.462 e. The number of rotatable bonds is 4. The van der Waals surface area contributed by atoms with Crippen LogP contribution >= 0.6 is 0 Å². The molecule has 0 saturated heterocycles. The summed E-state index contributed by atoms with van der Waals surface area (Å²) in [6.45, 7) is 1.89. The number of nitrogens with one attached hydrogen (secondary N) is 1. The Kier molecular flexibility index (Phi) is 4.82. The fourth-order valence-corrected chi connectivity index (χ4v) is 2.55. The molecule has 1 saturated carbocycles. The fourth-order valence-electron chi connectivity index (χ4n) is 2.55. The maximum Gasteiger partial charge on any atom is 0.341 e. The molecule has 0 unspecified atom stereocenters. The van der Waals surface area contributed by atoms with E-state index in [0.29, 0.717) is 17.4 Å². The lowest BCUT2D eigenvalue weighted by Crippen LogP contribution is -2.23. The first kappa shape index (κ1) is 14.6. The summed E-state index contributed by atoms with van der Waals surface area (Å²) in [6.07, 6.45) is 5.76. The van der Waals surface area contributed by atoms with E-state index in [2.05, 4.69) is 5.32 Å². The lowest BCUT2D eigenvalue weighted by Gasteiger charge is -2.24. The smallest absolute Gasteiger partial charge is 0.341 e. The molecule has 5 heteroatoms. The zero-order valence-electron chi connectivity index (χ0n) is 11.7. The van der Waals surface area contributed by atoms with Crippen LogP contribution in [0.1, 0.15) is 49.4 Å². The molecule has 2 rings (SSSR count). The number of benzene rings is 1. The summed E-state index contributed by atoms with van der Waals surface area (Å²) in [4.78, 5) is 11.6. The van der Waals surface area contributed by atoms with E-state index in [4.69, 9.17) is 10.5 Å². The van der Waals surface area contributed by atoms with Crippen LogP contribution in [-0.4, -0.2) is 18.6 Å². The summed E-state index contributed by atoms with van der Waals surface area (Å²) in [7, 11) is 0. The van der Waals surface area contributed by atoms with E-state index in [1.54, 1.807) is 6.92 Å². The third kappa shape index (κ3) is 3.40. The van der Waals surface area contributed by atoms with E-state index in [9.17, 15) is 9.18 Å². The minimum absolute atomic E-state index is 0.112. The fraction of sp³-hybridized carbons (Fsp3) is 0.533. The SMILES string of the molecule is CCOC(=O)c1cc(N)c(NC2CCCCC2)cc1F. The second kappa shape index (κ2) is 6.59. The molecule has 0 aromatic heterocycles. The van der Waals surface area contributed by atoms with E-state index < -0.39 is 11.8 Å². The van der Waals surface area contributed by atoms with E-state index in [-0.39, 0.29) is 12.2 Å². The maximum absolute atomic E-state index is 14.0. The van der Waals surface area contributed by atoms with Crippen molar-refractivity contribution in [3.63, 3.8) is 0 Å². The van der Waals surface area contributed by atoms with Crippen LogP contribution in [0.5, 0.6) is 0 Å². The van der Waals surface area contributed by atoms with Gasteiger partial charge in [0, 0.05) is 6.04 Å². The highest BCUT2D eigenvalue weighted by Gasteiger charge is 2.18. The number of carbonyl (C=O) groups excluding carboxylic acids is 1. The number of hydrogen-bond donors (Lipinski definition) is 2. The first-order valence-corrected chi connectivity index (χ1v) is 7.14. The van der Waals surface area contributed by atoms with Crippen molar-refractivity contribution in [2.45, 2.75) is 45.1 Å². The number of nitrogens with two attached hydrogens (primary N) is 1. The van der Waals surface area contributed by atoms with Crippen LogP contribution in [0.15, 0.2) is 12.1 Å². The summed E-state index contributed by atoms with van der Waals surface area (Å²) in [5.74, 6) is -1.28. The van der Waals surface area contributed by atoms with Crippen molar-refractivity contribution in [2.24, 2.45) is 0 Å². The topological polar surface area (TPSA) is 64.3 Å². The molecule has 1 fully saturated rings. The van der Waals surface area contributed by atoms with E-state index >= 15 is 0 Å². The van der Waals surface area contributed by atoms with Gasteiger partial charge in [0.15, 0.2) is 0 Å². The van der Waals surface area contributed by atoms with Crippen LogP contribution in [-0.2, 0) is 4.74 Å². The number of ether oxygens (including phenoxy) is 1. The van der Waals surface area contributed by atoms with Crippen molar-refractivity contribution >= 4 is 17.3 Å². The number of nitrogen functional groups attached to an aromatic ring is 1. The van der Waals surface area contributed by atoms with Gasteiger partial charge in [-0.15, -0.1) is 0 Å². The Hall–Kier alpha value is -1.78. The second-order valence-corrected chi connectivity index (χ2v) is 5.12. The molecule has 0 radical (unpaired) electrons. The highest BCUT2D eigenvalue weighted by atomic mass is 19.1. The average Bonchev–Trinajstić information content (AvgIpc) is 2.44. The standard InChI is InChI=1S/C15H21FN2O2/c1-2-20-15(19)11-8-13(17)14(9-12(11)16)18-10-6-4-3-5-7-10/h8-10,18H,2-7,17H2,1H3. The number of carbonyl (C=O) groups is 1. The summed E-state index contributed by atoms with van der Waals surface area (Å²) in [6, 6.07) is 2.97. The summed E-state index contributed by atoms with van der Waals surface area (Å²) in [5.41, 5.74) is 6.72. The van der Waals surface area contributed by atoms with Crippen LogP contribution in [0.4, 0.5) is 15.8 Å². The molecule has 110 valence electrons. The van der Waals surface area contributed by atoms with Gasteiger partial charge in [0.2, 0.25) is 0 Å².